The second kappa shape index (κ2) is 6.05. The summed E-state index contributed by atoms with van der Waals surface area (Å²) in [5, 5.41) is 0. The SMILES string of the molecule is COc1ccc(-c2nc(Cn3cnc4ccccc43)c(C)o2)c(F)c1. The van der Waals surface area contributed by atoms with Crippen molar-refractivity contribution in [2.24, 2.45) is 0 Å². The van der Waals surface area contributed by atoms with E-state index in [0.717, 1.165) is 16.7 Å². The van der Waals surface area contributed by atoms with Gasteiger partial charge in [0.05, 0.1) is 36.6 Å². The van der Waals surface area contributed by atoms with Gasteiger partial charge >= 0.3 is 0 Å². The molecule has 2 aromatic carbocycles. The highest BCUT2D eigenvalue weighted by atomic mass is 19.1. The lowest BCUT2D eigenvalue weighted by Gasteiger charge is -2.02. The van der Waals surface area contributed by atoms with E-state index in [2.05, 4.69) is 9.97 Å². The number of benzene rings is 2. The van der Waals surface area contributed by atoms with Crippen LogP contribution in [0.2, 0.25) is 0 Å². The van der Waals surface area contributed by atoms with Crippen molar-refractivity contribution in [3.8, 4) is 17.2 Å². The predicted molar refractivity (Wildman–Crippen MR) is 92.0 cm³/mol. The third kappa shape index (κ3) is 2.76. The smallest absolute Gasteiger partial charge is 0.229 e. The molecule has 0 aliphatic carbocycles. The molecule has 4 aromatic rings. The first kappa shape index (κ1) is 15.4. The van der Waals surface area contributed by atoms with Gasteiger partial charge in [0.2, 0.25) is 5.89 Å². The molecule has 0 fully saturated rings. The molecule has 0 radical (unpaired) electrons. The number of imidazole rings is 1. The molecule has 5 nitrogen and oxygen atoms in total. The predicted octanol–water partition coefficient (Wildman–Crippen LogP) is 4.20. The molecule has 4 rings (SSSR count). The average Bonchev–Trinajstić information content (AvgIpc) is 3.19. The summed E-state index contributed by atoms with van der Waals surface area (Å²) in [6.07, 6.45) is 1.77. The second-order valence-electron chi connectivity index (χ2n) is 5.73. The maximum atomic E-state index is 14.3. The molecular weight excluding hydrogens is 321 g/mol. The van der Waals surface area contributed by atoms with Crippen LogP contribution < -0.4 is 4.74 Å². The zero-order valence-corrected chi connectivity index (χ0v) is 13.9. The number of hydrogen-bond acceptors (Lipinski definition) is 4. The molecule has 0 saturated carbocycles. The number of ether oxygens (including phenoxy) is 1. The molecule has 0 aliphatic heterocycles. The van der Waals surface area contributed by atoms with Crippen LogP contribution in [0.5, 0.6) is 5.75 Å². The number of para-hydroxylation sites is 2. The van der Waals surface area contributed by atoms with E-state index in [0.29, 0.717) is 23.6 Å². The Hall–Kier alpha value is -3.15. The maximum absolute atomic E-state index is 14.3. The molecule has 0 bridgehead atoms. The van der Waals surface area contributed by atoms with Crippen molar-refractivity contribution in [3.05, 3.63) is 66.1 Å². The summed E-state index contributed by atoms with van der Waals surface area (Å²) < 4.78 is 27.0. The highest BCUT2D eigenvalue weighted by molar-refractivity contribution is 5.75. The quantitative estimate of drug-likeness (QED) is 0.560. The average molecular weight is 337 g/mol. The number of fused-ring (bicyclic) bond motifs is 1. The Morgan fingerprint density at radius 3 is 2.84 bits per heavy atom. The minimum atomic E-state index is -0.430. The van der Waals surface area contributed by atoms with Gasteiger partial charge < -0.3 is 13.7 Å². The first-order valence-electron chi connectivity index (χ1n) is 7.86. The van der Waals surface area contributed by atoms with E-state index in [4.69, 9.17) is 9.15 Å². The number of aromatic nitrogens is 3. The van der Waals surface area contributed by atoms with Crippen molar-refractivity contribution < 1.29 is 13.5 Å². The van der Waals surface area contributed by atoms with Gasteiger partial charge in [-0.15, -0.1) is 0 Å². The molecule has 0 unspecified atom stereocenters. The van der Waals surface area contributed by atoms with E-state index in [9.17, 15) is 4.39 Å². The molecule has 25 heavy (non-hydrogen) atoms. The van der Waals surface area contributed by atoms with Gasteiger partial charge in [-0.3, -0.25) is 0 Å². The van der Waals surface area contributed by atoms with Gasteiger partial charge in [-0.05, 0) is 31.2 Å². The molecule has 0 saturated heterocycles. The summed E-state index contributed by atoms with van der Waals surface area (Å²) >= 11 is 0. The van der Waals surface area contributed by atoms with E-state index in [-0.39, 0.29) is 5.89 Å². The summed E-state index contributed by atoms with van der Waals surface area (Å²) in [6.45, 7) is 2.33. The molecule has 2 aromatic heterocycles. The van der Waals surface area contributed by atoms with Crippen LogP contribution >= 0.6 is 0 Å². The van der Waals surface area contributed by atoms with Gasteiger partial charge in [-0.2, -0.15) is 0 Å². The fourth-order valence-corrected chi connectivity index (χ4v) is 2.78. The molecular formula is C19H16FN3O2. The van der Waals surface area contributed by atoms with Crippen molar-refractivity contribution in [2.75, 3.05) is 7.11 Å². The Bertz CT molecular complexity index is 1050. The van der Waals surface area contributed by atoms with Crippen molar-refractivity contribution >= 4 is 11.0 Å². The number of rotatable bonds is 4. The van der Waals surface area contributed by atoms with Crippen LogP contribution in [0.15, 0.2) is 53.2 Å². The third-order valence-corrected chi connectivity index (χ3v) is 4.15. The number of methoxy groups -OCH3 is 1. The van der Waals surface area contributed by atoms with Gasteiger partial charge in [0.15, 0.2) is 0 Å². The van der Waals surface area contributed by atoms with Gasteiger partial charge in [0.25, 0.3) is 0 Å². The van der Waals surface area contributed by atoms with Crippen LogP contribution in [-0.2, 0) is 6.54 Å². The van der Waals surface area contributed by atoms with E-state index in [1.807, 2.05) is 35.8 Å². The van der Waals surface area contributed by atoms with Crippen LogP contribution in [-0.4, -0.2) is 21.6 Å². The molecule has 0 atom stereocenters. The first-order chi connectivity index (χ1) is 12.2. The number of nitrogens with zero attached hydrogens (tertiary/aromatic N) is 3. The standard InChI is InChI=1S/C19H16FN3O2/c1-12-17(10-23-11-21-16-5-3-4-6-18(16)23)22-19(25-12)14-8-7-13(24-2)9-15(14)20/h3-9,11H,10H2,1-2H3. The van der Waals surface area contributed by atoms with Crippen LogP contribution in [0.25, 0.3) is 22.5 Å². The van der Waals surface area contributed by atoms with Crippen molar-refractivity contribution in [1.82, 2.24) is 14.5 Å². The van der Waals surface area contributed by atoms with Gasteiger partial charge in [-0.25, -0.2) is 14.4 Å². The molecule has 126 valence electrons. The van der Waals surface area contributed by atoms with Gasteiger partial charge in [0.1, 0.15) is 23.0 Å². The summed E-state index contributed by atoms with van der Waals surface area (Å²) in [6, 6.07) is 12.5. The highest BCUT2D eigenvalue weighted by Gasteiger charge is 2.16. The zero-order valence-electron chi connectivity index (χ0n) is 13.9. The van der Waals surface area contributed by atoms with Gasteiger partial charge in [0, 0.05) is 6.07 Å². The minimum Gasteiger partial charge on any atom is -0.497 e. The fraction of sp³-hybridized carbons (Fsp3) is 0.158. The second-order valence-corrected chi connectivity index (χ2v) is 5.73. The Morgan fingerprint density at radius 1 is 1.20 bits per heavy atom. The summed E-state index contributed by atoms with van der Waals surface area (Å²) in [5.41, 5.74) is 2.99. The van der Waals surface area contributed by atoms with Crippen molar-refractivity contribution in [3.63, 3.8) is 0 Å². The van der Waals surface area contributed by atoms with E-state index < -0.39 is 5.82 Å². The number of hydrogen-bond donors (Lipinski definition) is 0. The Kier molecular flexibility index (Phi) is 3.72. The topological polar surface area (TPSA) is 53.1 Å². The van der Waals surface area contributed by atoms with Gasteiger partial charge in [-0.1, -0.05) is 12.1 Å². The Balaban J connectivity index is 1.69. The molecule has 0 spiro atoms. The van der Waals surface area contributed by atoms with Crippen molar-refractivity contribution in [1.29, 1.82) is 0 Å². The Labute approximate surface area is 143 Å². The number of halogens is 1. The van der Waals surface area contributed by atoms with Crippen molar-refractivity contribution in [2.45, 2.75) is 13.5 Å². The summed E-state index contributed by atoms with van der Waals surface area (Å²) in [4.78, 5) is 8.86. The van der Waals surface area contributed by atoms with E-state index in [1.54, 1.807) is 18.5 Å². The largest absolute Gasteiger partial charge is 0.497 e. The zero-order chi connectivity index (χ0) is 17.4. The van der Waals surface area contributed by atoms with Crippen LogP contribution in [0.4, 0.5) is 4.39 Å². The van der Waals surface area contributed by atoms with Crippen LogP contribution in [0, 0.1) is 12.7 Å². The van der Waals surface area contributed by atoms with E-state index >= 15 is 0 Å². The molecule has 2 heterocycles. The lowest BCUT2D eigenvalue weighted by molar-refractivity contribution is 0.411. The lowest BCUT2D eigenvalue weighted by Crippen LogP contribution is -2.00. The third-order valence-electron chi connectivity index (χ3n) is 4.15. The maximum Gasteiger partial charge on any atom is 0.229 e. The molecule has 6 heteroatoms. The summed E-state index contributed by atoms with van der Waals surface area (Å²) in [7, 11) is 1.50. The van der Waals surface area contributed by atoms with Crippen LogP contribution in [0.3, 0.4) is 0 Å². The number of aryl methyl sites for hydroxylation is 1. The normalized spacial score (nSPS) is 11.2. The molecule has 0 amide bonds. The highest BCUT2D eigenvalue weighted by Crippen LogP contribution is 2.28. The lowest BCUT2D eigenvalue weighted by atomic mass is 10.2. The summed E-state index contributed by atoms with van der Waals surface area (Å²) in [5.74, 6) is 0.940. The minimum absolute atomic E-state index is 0.261. The fourth-order valence-electron chi connectivity index (χ4n) is 2.78. The van der Waals surface area contributed by atoms with E-state index in [1.165, 1.54) is 13.2 Å². The monoisotopic (exact) mass is 337 g/mol. The number of oxazole rings is 1. The molecule has 0 aliphatic rings. The van der Waals surface area contributed by atoms with Crippen LogP contribution in [0.1, 0.15) is 11.5 Å². The molecule has 0 N–H and O–H groups in total. The first-order valence-corrected chi connectivity index (χ1v) is 7.86. The Morgan fingerprint density at radius 2 is 2.04 bits per heavy atom.